The standard InChI is InChI=1S/C19H23F3N2O3/c1-18(2,3)27-17(26)24-12-7-8-13(24)10-11(9-12)16(25)14-5-4-6-15(23-14)19(20,21)22/h4-6,11-13H,7-10H2,1-3H3. The van der Waals surface area contributed by atoms with Gasteiger partial charge >= 0.3 is 12.3 Å². The van der Waals surface area contributed by atoms with Gasteiger partial charge in [-0.2, -0.15) is 13.2 Å². The Bertz CT molecular complexity index is 728. The van der Waals surface area contributed by atoms with Crippen LogP contribution in [0.3, 0.4) is 0 Å². The number of ketones is 1. The summed E-state index contributed by atoms with van der Waals surface area (Å²) in [6, 6.07) is 3.12. The van der Waals surface area contributed by atoms with Crippen molar-refractivity contribution < 1.29 is 27.5 Å². The summed E-state index contributed by atoms with van der Waals surface area (Å²) in [6.07, 6.45) is -2.60. The highest BCUT2D eigenvalue weighted by molar-refractivity contribution is 5.96. The Kier molecular flexibility index (Phi) is 4.94. The Balaban J connectivity index is 1.73. The van der Waals surface area contributed by atoms with Gasteiger partial charge in [0.05, 0.1) is 0 Å². The number of halogens is 3. The van der Waals surface area contributed by atoms with Crippen molar-refractivity contribution in [2.45, 2.75) is 70.3 Å². The van der Waals surface area contributed by atoms with Gasteiger partial charge in [0.2, 0.25) is 0 Å². The molecule has 0 spiro atoms. The molecule has 2 unspecified atom stereocenters. The number of Topliss-reactive ketones (excluding diaryl/α,β-unsaturated/α-hetero) is 1. The molecule has 5 nitrogen and oxygen atoms in total. The topological polar surface area (TPSA) is 59.5 Å². The number of piperidine rings is 1. The van der Waals surface area contributed by atoms with Gasteiger partial charge in [0.25, 0.3) is 0 Å². The Hall–Kier alpha value is -2.12. The molecule has 0 aliphatic carbocycles. The number of hydrogen-bond acceptors (Lipinski definition) is 4. The van der Waals surface area contributed by atoms with E-state index >= 15 is 0 Å². The molecule has 27 heavy (non-hydrogen) atoms. The number of carbonyl (C=O) groups excluding carboxylic acids is 2. The Labute approximate surface area is 155 Å². The maximum Gasteiger partial charge on any atom is 0.433 e. The Morgan fingerprint density at radius 3 is 2.22 bits per heavy atom. The molecule has 2 atom stereocenters. The molecule has 2 bridgehead atoms. The van der Waals surface area contributed by atoms with Crippen LogP contribution in [0.4, 0.5) is 18.0 Å². The second kappa shape index (κ2) is 6.80. The van der Waals surface area contributed by atoms with Gasteiger partial charge < -0.3 is 9.64 Å². The van der Waals surface area contributed by atoms with Gasteiger partial charge in [-0.1, -0.05) is 6.07 Å². The van der Waals surface area contributed by atoms with Gasteiger partial charge in [-0.15, -0.1) is 0 Å². The van der Waals surface area contributed by atoms with Crippen LogP contribution in [0.1, 0.15) is 62.6 Å². The molecule has 0 radical (unpaired) electrons. The zero-order valence-corrected chi connectivity index (χ0v) is 15.5. The molecular weight excluding hydrogens is 361 g/mol. The van der Waals surface area contributed by atoms with Crippen LogP contribution < -0.4 is 0 Å². The lowest BCUT2D eigenvalue weighted by Gasteiger charge is -2.39. The van der Waals surface area contributed by atoms with E-state index in [2.05, 4.69) is 4.98 Å². The third kappa shape index (κ3) is 4.25. The highest BCUT2D eigenvalue weighted by Gasteiger charge is 2.47. The second-order valence-corrected chi connectivity index (χ2v) is 8.21. The molecule has 0 N–H and O–H groups in total. The van der Waals surface area contributed by atoms with Crippen molar-refractivity contribution in [1.29, 1.82) is 0 Å². The van der Waals surface area contributed by atoms with E-state index in [9.17, 15) is 22.8 Å². The number of pyridine rings is 1. The van der Waals surface area contributed by atoms with Gasteiger partial charge in [0, 0.05) is 18.0 Å². The highest BCUT2D eigenvalue weighted by atomic mass is 19.4. The van der Waals surface area contributed by atoms with Crippen molar-refractivity contribution in [3.8, 4) is 0 Å². The number of amides is 1. The average Bonchev–Trinajstić information content (AvgIpc) is 2.82. The molecule has 0 aromatic carbocycles. The lowest BCUT2D eigenvalue weighted by atomic mass is 9.86. The predicted octanol–water partition coefficient (Wildman–Crippen LogP) is 4.46. The number of ether oxygens (including phenoxy) is 1. The summed E-state index contributed by atoms with van der Waals surface area (Å²) in [6.45, 7) is 5.38. The first kappa shape index (κ1) is 19.6. The number of alkyl halides is 3. The molecule has 1 aromatic rings. The van der Waals surface area contributed by atoms with E-state index in [4.69, 9.17) is 4.74 Å². The number of rotatable bonds is 2. The molecule has 2 aliphatic heterocycles. The van der Waals surface area contributed by atoms with Gasteiger partial charge in [0.15, 0.2) is 5.78 Å². The summed E-state index contributed by atoms with van der Waals surface area (Å²) in [4.78, 5) is 30.4. The fourth-order valence-electron chi connectivity index (χ4n) is 3.94. The molecule has 3 heterocycles. The van der Waals surface area contributed by atoms with E-state index in [1.54, 1.807) is 25.7 Å². The van der Waals surface area contributed by atoms with E-state index in [1.807, 2.05) is 0 Å². The third-order valence-corrected chi connectivity index (χ3v) is 5.00. The molecule has 8 heteroatoms. The Morgan fingerprint density at radius 1 is 1.11 bits per heavy atom. The molecular formula is C19H23F3N2O3. The number of carbonyl (C=O) groups is 2. The van der Waals surface area contributed by atoms with Crippen molar-refractivity contribution in [2.24, 2.45) is 5.92 Å². The smallest absolute Gasteiger partial charge is 0.433 e. The number of fused-ring (bicyclic) bond motifs is 2. The lowest BCUT2D eigenvalue weighted by Crippen LogP contribution is -2.49. The Morgan fingerprint density at radius 2 is 1.70 bits per heavy atom. The van der Waals surface area contributed by atoms with Crippen LogP contribution in [0.15, 0.2) is 18.2 Å². The normalized spacial score (nSPS) is 25.4. The van der Waals surface area contributed by atoms with E-state index in [1.165, 1.54) is 12.1 Å². The highest BCUT2D eigenvalue weighted by Crippen LogP contribution is 2.40. The summed E-state index contributed by atoms with van der Waals surface area (Å²) in [5.41, 5.74) is -1.84. The molecule has 3 rings (SSSR count). The minimum atomic E-state index is -4.59. The quantitative estimate of drug-likeness (QED) is 0.707. The van der Waals surface area contributed by atoms with Crippen LogP contribution >= 0.6 is 0 Å². The summed E-state index contributed by atoms with van der Waals surface area (Å²) < 4.78 is 44.0. The molecule has 1 aromatic heterocycles. The predicted molar refractivity (Wildman–Crippen MR) is 91.2 cm³/mol. The van der Waals surface area contributed by atoms with Crippen LogP contribution in [0.2, 0.25) is 0 Å². The van der Waals surface area contributed by atoms with Crippen LogP contribution in [-0.4, -0.2) is 39.4 Å². The first-order chi connectivity index (χ1) is 12.5. The number of hydrogen-bond donors (Lipinski definition) is 0. The van der Waals surface area contributed by atoms with Crippen LogP contribution in [0.25, 0.3) is 0 Å². The van der Waals surface area contributed by atoms with Gasteiger partial charge in [-0.05, 0) is 58.6 Å². The fraction of sp³-hybridized carbons (Fsp3) is 0.632. The number of nitrogens with zero attached hydrogens (tertiary/aromatic N) is 2. The van der Waals surface area contributed by atoms with Crippen molar-refractivity contribution in [3.05, 3.63) is 29.6 Å². The van der Waals surface area contributed by atoms with Gasteiger partial charge in [-0.25, -0.2) is 9.78 Å². The summed E-state index contributed by atoms with van der Waals surface area (Å²) >= 11 is 0. The molecule has 2 aliphatic rings. The molecule has 2 fully saturated rings. The van der Waals surface area contributed by atoms with Crippen molar-refractivity contribution in [1.82, 2.24) is 9.88 Å². The zero-order valence-electron chi connectivity index (χ0n) is 15.5. The fourth-order valence-corrected chi connectivity index (χ4v) is 3.94. The summed E-state index contributed by atoms with van der Waals surface area (Å²) in [7, 11) is 0. The van der Waals surface area contributed by atoms with Crippen molar-refractivity contribution >= 4 is 11.9 Å². The summed E-state index contributed by atoms with van der Waals surface area (Å²) in [5, 5.41) is 0. The lowest BCUT2D eigenvalue weighted by molar-refractivity contribution is -0.141. The molecule has 148 valence electrons. The number of aromatic nitrogens is 1. The van der Waals surface area contributed by atoms with Gasteiger partial charge in [0.1, 0.15) is 17.0 Å². The maximum absolute atomic E-state index is 12.9. The molecule has 2 saturated heterocycles. The zero-order chi connectivity index (χ0) is 20.0. The molecule has 1 amide bonds. The monoisotopic (exact) mass is 384 g/mol. The van der Waals surface area contributed by atoms with E-state index in [0.717, 1.165) is 18.9 Å². The first-order valence-electron chi connectivity index (χ1n) is 9.05. The summed E-state index contributed by atoms with van der Waals surface area (Å²) in [5.74, 6) is -0.820. The van der Waals surface area contributed by atoms with Crippen LogP contribution in [-0.2, 0) is 10.9 Å². The maximum atomic E-state index is 12.9. The minimum Gasteiger partial charge on any atom is -0.444 e. The van der Waals surface area contributed by atoms with Crippen molar-refractivity contribution in [3.63, 3.8) is 0 Å². The largest absolute Gasteiger partial charge is 0.444 e. The van der Waals surface area contributed by atoms with Gasteiger partial charge in [-0.3, -0.25) is 4.79 Å². The first-order valence-corrected chi connectivity index (χ1v) is 9.05. The minimum absolute atomic E-state index is 0.127. The average molecular weight is 384 g/mol. The van der Waals surface area contributed by atoms with E-state index in [0.29, 0.717) is 12.8 Å². The third-order valence-electron chi connectivity index (χ3n) is 5.00. The van der Waals surface area contributed by atoms with E-state index < -0.39 is 29.5 Å². The van der Waals surface area contributed by atoms with Crippen LogP contribution in [0, 0.1) is 5.92 Å². The SMILES string of the molecule is CC(C)(C)OC(=O)N1C2CCC1CC(C(=O)c1cccc(C(F)(F)F)n1)C2. The molecule has 0 saturated carbocycles. The van der Waals surface area contributed by atoms with E-state index in [-0.39, 0.29) is 23.6 Å². The second-order valence-electron chi connectivity index (χ2n) is 8.21. The van der Waals surface area contributed by atoms with Crippen molar-refractivity contribution in [2.75, 3.05) is 0 Å². The van der Waals surface area contributed by atoms with Crippen LogP contribution in [0.5, 0.6) is 0 Å².